The van der Waals surface area contributed by atoms with E-state index in [9.17, 15) is 13.2 Å². The van der Waals surface area contributed by atoms with Gasteiger partial charge in [-0.15, -0.1) is 0 Å². The molecule has 0 amide bonds. The molecule has 0 aromatic heterocycles. The smallest absolute Gasteiger partial charge is 0.386 e. The number of hydrogen-bond donors (Lipinski definition) is 1. The molecule has 0 saturated heterocycles. The average molecular weight is 184 g/mol. The van der Waals surface area contributed by atoms with E-state index in [1.165, 1.54) is 6.20 Å². The van der Waals surface area contributed by atoms with Crippen LogP contribution in [-0.4, -0.2) is 12.7 Å². The van der Waals surface area contributed by atoms with Gasteiger partial charge in [-0.25, -0.2) is 0 Å². The van der Waals surface area contributed by atoms with Crippen LogP contribution in [-0.2, 0) is 0 Å². The molecule has 5 heteroatoms. The van der Waals surface area contributed by atoms with E-state index in [2.05, 4.69) is 5.32 Å². The molecular formula is C6H5ClF3N. The lowest BCUT2D eigenvalue weighted by atomic mass is 10.2. The van der Waals surface area contributed by atoms with Crippen molar-refractivity contribution in [2.45, 2.75) is 6.18 Å². The zero-order valence-electron chi connectivity index (χ0n) is 5.37. The van der Waals surface area contributed by atoms with E-state index in [1.54, 1.807) is 0 Å². The third-order valence-corrected chi connectivity index (χ3v) is 1.43. The van der Waals surface area contributed by atoms with Gasteiger partial charge in [0.1, 0.15) is 0 Å². The Bertz CT molecular complexity index is 216. The first kappa shape index (κ1) is 8.46. The van der Waals surface area contributed by atoms with E-state index in [0.29, 0.717) is 0 Å². The second-order valence-electron chi connectivity index (χ2n) is 2.08. The van der Waals surface area contributed by atoms with Crippen molar-refractivity contribution in [3.05, 3.63) is 22.9 Å². The Balaban J connectivity index is 2.82. The zero-order valence-corrected chi connectivity index (χ0v) is 6.13. The summed E-state index contributed by atoms with van der Waals surface area (Å²) in [6.45, 7) is -0.209. The summed E-state index contributed by atoms with van der Waals surface area (Å²) in [6.07, 6.45) is -2.03. The first-order valence-electron chi connectivity index (χ1n) is 2.87. The van der Waals surface area contributed by atoms with Gasteiger partial charge < -0.3 is 5.32 Å². The van der Waals surface area contributed by atoms with Crippen molar-refractivity contribution >= 4 is 11.6 Å². The predicted octanol–water partition coefficient (Wildman–Crippen LogP) is 2.16. The largest absolute Gasteiger partial charge is 0.414 e. The third-order valence-electron chi connectivity index (χ3n) is 1.21. The highest BCUT2D eigenvalue weighted by Crippen LogP contribution is 2.28. The van der Waals surface area contributed by atoms with Crippen LogP contribution in [0, 0.1) is 0 Å². The Kier molecular flexibility index (Phi) is 2.13. The molecule has 0 aliphatic carbocycles. The summed E-state index contributed by atoms with van der Waals surface area (Å²) in [5, 5.41) is 2.48. The van der Waals surface area contributed by atoms with Gasteiger partial charge in [-0.1, -0.05) is 11.6 Å². The Hall–Kier alpha value is -0.640. The molecule has 0 fully saturated rings. The fourth-order valence-electron chi connectivity index (χ4n) is 0.700. The zero-order chi connectivity index (χ0) is 8.48. The minimum Gasteiger partial charge on any atom is -0.386 e. The number of dihydropyridines is 1. The normalized spacial score (nSPS) is 18.5. The summed E-state index contributed by atoms with van der Waals surface area (Å²) in [5.41, 5.74) is -0.648. The number of halogens is 4. The molecule has 0 bridgehead atoms. The maximum Gasteiger partial charge on any atom is 0.414 e. The van der Waals surface area contributed by atoms with Gasteiger partial charge in [-0.2, -0.15) is 13.2 Å². The molecule has 0 aromatic rings. The van der Waals surface area contributed by atoms with Gasteiger partial charge in [-0.05, 0) is 6.08 Å². The van der Waals surface area contributed by atoms with E-state index in [1.807, 2.05) is 0 Å². The molecular weight excluding hydrogens is 179 g/mol. The highest BCUT2D eigenvalue weighted by atomic mass is 35.5. The SMILES string of the molecule is FC(F)(F)C1=CC(Cl)=CNC1. The molecule has 0 radical (unpaired) electrons. The summed E-state index contributed by atoms with van der Waals surface area (Å²) in [7, 11) is 0. The summed E-state index contributed by atoms with van der Waals surface area (Å²) >= 11 is 5.34. The van der Waals surface area contributed by atoms with Crippen molar-refractivity contribution in [1.82, 2.24) is 5.32 Å². The van der Waals surface area contributed by atoms with Gasteiger partial charge in [-0.3, -0.25) is 0 Å². The first-order valence-corrected chi connectivity index (χ1v) is 3.25. The molecule has 1 rings (SSSR count). The van der Waals surface area contributed by atoms with Crippen molar-refractivity contribution in [3.63, 3.8) is 0 Å². The molecule has 0 unspecified atom stereocenters. The summed E-state index contributed by atoms with van der Waals surface area (Å²) in [6, 6.07) is 0. The van der Waals surface area contributed by atoms with Gasteiger partial charge in [0, 0.05) is 12.7 Å². The van der Waals surface area contributed by atoms with Gasteiger partial charge in [0.15, 0.2) is 0 Å². The van der Waals surface area contributed by atoms with E-state index in [4.69, 9.17) is 11.6 Å². The summed E-state index contributed by atoms with van der Waals surface area (Å²) in [4.78, 5) is 0. The van der Waals surface area contributed by atoms with Crippen LogP contribution in [0.25, 0.3) is 0 Å². The van der Waals surface area contributed by atoms with E-state index >= 15 is 0 Å². The Morgan fingerprint density at radius 2 is 2.09 bits per heavy atom. The molecule has 1 N–H and O–H groups in total. The molecule has 1 nitrogen and oxygen atoms in total. The molecule has 0 atom stereocenters. The van der Waals surface area contributed by atoms with Crippen molar-refractivity contribution in [3.8, 4) is 0 Å². The Morgan fingerprint density at radius 1 is 1.45 bits per heavy atom. The van der Waals surface area contributed by atoms with Gasteiger partial charge >= 0.3 is 6.18 Å². The van der Waals surface area contributed by atoms with Crippen LogP contribution in [0.1, 0.15) is 0 Å². The minimum absolute atomic E-state index is 0.0728. The standard InChI is InChI=1S/C6H5ClF3N/c7-5-1-4(2-11-3-5)6(8,9)10/h1,3,11H,2H2. The van der Waals surface area contributed by atoms with Crippen LogP contribution >= 0.6 is 11.6 Å². The lowest BCUT2D eigenvalue weighted by molar-refractivity contribution is -0.0928. The Morgan fingerprint density at radius 3 is 2.45 bits per heavy atom. The lowest BCUT2D eigenvalue weighted by Crippen LogP contribution is -2.24. The second-order valence-corrected chi connectivity index (χ2v) is 2.51. The van der Waals surface area contributed by atoms with Gasteiger partial charge in [0.25, 0.3) is 0 Å². The monoisotopic (exact) mass is 183 g/mol. The van der Waals surface area contributed by atoms with Crippen LogP contribution in [0.5, 0.6) is 0 Å². The number of alkyl halides is 3. The molecule has 1 heterocycles. The predicted molar refractivity (Wildman–Crippen MR) is 36.1 cm³/mol. The molecule has 11 heavy (non-hydrogen) atoms. The van der Waals surface area contributed by atoms with Crippen LogP contribution in [0.15, 0.2) is 22.9 Å². The maximum atomic E-state index is 11.9. The van der Waals surface area contributed by atoms with Crippen LogP contribution < -0.4 is 5.32 Å². The minimum atomic E-state index is -4.28. The van der Waals surface area contributed by atoms with Gasteiger partial charge in [0.2, 0.25) is 0 Å². The second kappa shape index (κ2) is 2.77. The topological polar surface area (TPSA) is 12.0 Å². The molecule has 1 aliphatic rings. The average Bonchev–Trinajstić information content (AvgIpc) is 1.86. The summed E-state index contributed by atoms with van der Waals surface area (Å²) < 4.78 is 35.8. The van der Waals surface area contributed by atoms with Crippen LogP contribution in [0.2, 0.25) is 0 Å². The number of hydrogen-bond acceptors (Lipinski definition) is 1. The fourth-order valence-corrected chi connectivity index (χ4v) is 0.909. The molecule has 1 aliphatic heterocycles. The van der Waals surface area contributed by atoms with Crippen LogP contribution in [0.3, 0.4) is 0 Å². The number of nitrogens with one attached hydrogen (secondary N) is 1. The number of allylic oxidation sites excluding steroid dienone is 2. The van der Waals surface area contributed by atoms with Crippen molar-refractivity contribution < 1.29 is 13.2 Å². The van der Waals surface area contributed by atoms with Crippen molar-refractivity contribution in [2.75, 3.05) is 6.54 Å². The highest BCUT2D eigenvalue weighted by Gasteiger charge is 2.33. The van der Waals surface area contributed by atoms with Crippen molar-refractivity contribution in [2.24, 2.45) is 0 Å². The third kappa shape index (κ3) is 2.15. The van der Waals surface area contributed by atoms with Crippen molar-refractivity contribution in [1.29, 1.82) is 0 Å². The number of rotatable bonds is 0. The fraction of sp³-hybridized carbons (Fsp3) is 0.333. The Labute approximate surface area is 66.5 Å². The van der Waals surface area contributed by atoms with E-state index in [-0.39, 0.29) is 11.6 Å². The maximum absolute atomic E-state index is 11.9. The summed E-state index contributed by atoms with van der Waals surface area (Å²) in [5.74, 6) is 0. The van der Waals surface area contributed by atoms with Gasteiger partial charge in [0.05, 0.1) is 10.6 Å². The van der Waals surface area contributed by atoms with Crippen LogP contribution in [0.4, 0.5) is 13.2 Å². The highest BCUT2D eigenvalue weighted by molar-refractivity contribution is 6.31. The van der Waals surface area contributed by atoms with E-state index in [0.717, 1.165) is 6.08 Å². The quantitative estimate of drug-likeness (QED) is 0.607. The molecule has 0 saturated carbocycles. The molecule has 0 aromatic carbocycles. The first-order chi connectivity index (χ1) is 5.00. The lowest BCUT2D eigenvalue weighted by Gasteiger charge is -2.14. The molecule has 0 spiro atoms. The molecule has 62 valence electrons. The van der Waals surface area contributed by atoms with E-state index < -0.39 is 11.7 Å².